The molecule has 0 nitrogen and oxygen atoms in total. The fourth-order valence-corrected chi connectivity index (χ4v) is 1.42. The highest BCUT2D eigenvalue weighted by Gasteiger charge is 2.19. The maximum atomic E-state index is 3.99. The van der Waals surface area contributed by atoms with Gasteiger partial charge in [0.25, 0.3) is 0 Å². The quantitative estimate of drug-likeness (QED) is 0.501. The van der Waals surface area contributed by atoms with Gasteiger partial charge in [0.2, 0.25) is 0 Å². The minimum atomic E-state index is 0.748. The van der Waals surface area contributed by atoms with Gasteiger partial charge < -0.3 is 0 Å². The molecule has 1 aliphatic carbocycles. The van der Waals surface area contributed by atoms with Gasteiger partial charge in [0.05, 0.1) is 0 Å². The van der Waals surface area contributed by atoms with Crippen LogP contribution in [0.5, 0.6) is 0 Å². The van der Waals surface area contributed by atoms with E-state index in [1.165, 1.54) is 30.4 Å². The van der Waals surface area contributed by atoms with E-state index >= 15 is 0 Å². The van der Waals surface area contributed by atoms with Gasteiger partial charge in [-0.2, -0.15) is 0 Å². The molecule has 0 bridgehead atoms. The molecule has 0 aromatic heterocycles. The molecule has 1 unspecified atom stereocenters. The Morgan fingerprint density at radius 2 is 2.22 bits per heavy atom. The summed E-state index contributed by atoms with van der Waals surface area (Å²) >= 11 is 0. The topological polar surface area (TPSA) is 0 Å². The van der Waals surface area contributed by atoms with E-state index < -0.39 is 0 Å². The second-order valence-corrected chi connectivity index (χ2v) is 2.77. The number of hydrogen-bond acceptors (Lipinski definition) is 0. The Bertz CT molecular complexity index is 142. The summed E-state index contributed by atoms with van der Waals surface area (Å²) in [6, 6.07) is 0. The van der Waals surface area contributed by atoms with Gasteiger partial charge in [-0.3, -0.25) is 0 Å². The average molecular weight is 122 g/mol. The Morgan fingerprint density at radius 1 is 1.56 bits per heavy atom. The fraction of sp³-hybridized carbons (Fsp3) is 0.556. The summed E-state index contributed by atoms with van der Waals surface area (Å²) in [5, 5.41) is 0. The minimum Gasteiger partial charge on any atom is -0.0956 e. The first-order chi connectivity index (χ1) is 4.25. The van der Waals surface area contributed by atoms with Crippen LogP contribution in [-0.4, -0.2) is 0 Å². The summed E-state index contributed by atoms with van der Waals surface area (Å²) in [7, 11) is 0. The van der Waals surface area contributed by atoms with Crippen molar-refractivity contribution in [3.8, 4) is 0 Å². The highest BCUT2D eigenvalue weighted by atomic mass is 14.2. The molecule has 0 spiro atoms. The van der Waals surface area contributed by atoms with Crippen molar-refractivity contribution in [3.05, 3.63) is 24.3 Å². The lowest BCUT2D eigenvalue weighted by Crippen LogP contribution is -1.91. The Hall–Kier alpha value is -0.520. The van der Waals surface area contributed by atoms with Gasteiger partial charge in [-0.05, 0) is 30.8 Å². The number of hydrogen-bond donors (Lipinski definition) is 0. The monoisotopic (exact) mass is 122 g/mol. The molecule has 0 aromatic carbocycles. The summed E-state index contributed by atoms with van der Waals surface area (Å²) in [6.07, 6.45) is 3.70. The molecule has 1 rings (SSSR count). The van der Waals surface area contributed by atoms with E-state index in [-0.39, 0.29) is 0 Å². The van der Waals surface area contributed by atoms with Crippen LogP contribution in [-0.2, 0) is 0 Å². The summed E-state index contributed by atoms with van der Waals surface area (Å²) in [4.78, 5) is 0. The van der Waals surface area contributed by atoms with E-state index in [0.29, 0.717) is 0 Å². The molecular weight excluding hydrogens is 108 g/mol. The molecule has 1 fully saturated rings. The van der Waals surface area contributed by atoms with Gasteiger partial charge in [0, 0.05) is 0 Å². The van der Waals surface area contributed by atoms with Gasteiger partial charge >= 0.3 is 0 Å². The van der Waals surface area contributed by atoms with Crippen LogP contribution in [0.1, 0.15) is 26.2 Å². The Morgan fingerprint density at radius 3 is 2.44 bits per heavy atom. The maximum absolute atomic E-state index is 3.99. The second kappa shape index (κ2) is 2.38. The number of rotatable bonds is 1. The van der Waals surface area contributed by atoms with E-state index in [2.05, 4.69) is 20.1 Å². The zero-order valence-electron chi connectivity index (χ0n) is 6.11. The predicted octanol–water partition coefficient (Wildman–Crippen LogP) is 2.92. The van der Waals surface area contributed by atoms with Gasteiger partial charge in [-0.15, -0.1) is 0 Å². The summed E-state index contributed by atoms with van der Waals surface area (Å²) in [5.74, 6) is 0.748. The van der Waals surface area contributed by atoms with E-state index in [1.54, 1.807) is 0 Å². The van der Waals surface area contributed by atoms with Crippen LogP contribution in [0.15, 0.2) is 24.3 Å². The van der Waals surface area contributed by atoms with Crippen molar-refractivity contribution in [3.63, 3.8) is 0 Å². The van der Waals surface area contributed by atoms with Crippen LogP contribution in [0, 0.1) is 5.92 Å². The Kier molecular flexibility index (Phi) is 1.75. The summed E-state index contributed by atoms with van der Waals surface area (Å²) in [5.41, 5.74) is 2.58. The van der Waals surface area contributed by atoms with Gasteiger partial charge in [0.1, 0.15) is 0 Å². The van der Waals surface area contributed by atoms with Crippen LogP contribution >= 0.6 is 0 Å². The molecule has 0 amide bonds. The van der Waals surface area contributed by atoms with E-state index in [9.17, 15) is 0 Å². The largest absolute Gasteiger partial charge is 0.0956 e. The highest BCUT2D eigenvalue weighted by Crippen LogP contribution is 2.35. The molecule has 1 atom stereocenters. The third-order valence-electron chi connectivity index (χ3n) is 2.23. The Labute approximate surface area is 57.3 Å². The smallest absolute Gasteiger partial charge is 0.0165 e. The zero-order valence-corrected chi connectivity index (χ0v) is 6.11. The first-order valence-corrected chi connectivity index (χ1v) is 3.62. The molecule has 1 saturated carbocycles. The van der Waals surface area contributed by atoms with Crippen molar-refractivity contribution in [2.75, 3.05) is 0 Å². The van der Waals surface area contributed by atoms with Crippen LogP contribution in [0.4, 0.5) is 0 Å². The Balaban J connectivity index is 2.62. The third-order valence-corrected chi connectivity index (χ3v) is 2.23. The van der Waals surface area contributed by atoms with Gasteiger partial charge in [-0.25, -0.2) is 0 Å². The van der Waals surface area contributed by atoms with Gasteiger partial charge in [0.15, 0.2) is 0 Å². The summed E-state index contributed by atoms with van der Waals surface area (Å²) < 4.78 is 0. The molecule has 0 aliphatic heterocycles. The van der Waals surface area contributed by atoms with Crippen molar-refractivity contribution >= 4 is 0 Å². The van der Waals surface area contributed by atoms with Crippen molar-refractivity contribution in [2.24, 2.45) is 5.92 Å². The SMILES string of the molecule is C=C1CCC(CC)C1=C. The molecule has 0 heterocycles. The van der Waals surface area contributed by atoms with Crippen molar-refractivity contribution < 1.29 is 0 Å². The molecule has 0 heteroatoms. The van der Waals surface area contributed by atoms with Gasteiger partial charge in [-0.1, -0.05) is 25.7 Å². The highest BCUT2D eigenvalue weighted by molar-refractivity contribution is 5.32. The predicted molar refractivity (Wildman–Crippen MR) is 41.3 cm³/mol. The number of allylic oxidation sites excluding steroid dienone is 2. The first-order valence-electron chi connectivity index (χ1n) is 3.62. The second-order valence-electron chi connectivity index (χ2n) is 2.77. The molecule has 50 valence electrons. The molecular formula is C9H14. The van der Waals surface area contributed by atoms with E-state index in [0.717, 1.165) is 5.92 Å². The van der Waals surface area contributed by atoms with Crippen molar-refractivity contribution in [2.45, 2.75) is 26.2 Å². The van der Waals surface area contributed by atoms with Crippen molar-refractivity contribution in [1.29, 1.82) is 0 Å². The fourth-order valence-electron chi connectivity index (χ4n) is 1.42. The lowest BCUT2D eigenvalue weighted by molar-refractivity contribution is 0.607. The van der Waals surface area contributed by atoms with Crippen LogP contribution in [0.2, 0.25) is 0 Å². The third kappa shape index (κ3) is 1.07. The lowest BCUT2D eigenvalue weighted by atomic mass is 10.0. The minimum absolute atomic E-state index is 0.748. The molecule has 0 radical (unpaired) electrons. The zero-order chi connectivity index (χ0) is 6.85. The molecule has 0 saturated heterocycles. The molecule has 0 aromatic rings. The molecule has 1 aliphatic rings. The molecule has 0 N–H and O–H groups in total. The average Bonchev–Trinajstić information content (AvgIpc) is 2.15. The van der Waals surface area contributed by atoms with E-state index in [1.807, 2.05) is 0 Å². The van der Waals surface area contributed by atoms with Crippen LogP contribution in [0.3, 0.4) is 0 Å². The standard InChI is InChI=1S/C9H14/c1-4-9-6-5-7(2)8(9)3/h9H,2-6H2,1H3. The normalized spacial score (nSPS) is 27.4. The van der Waals surface area contributed by atoms with Crippen molar-refractivity contribution in [1.82, 2.24) is 0 Å². The lowest BCUT2D eigenvalue weighted by Gasteiger charge is -2.04. The molecule has 9 heavy (non-hydrogen) atoms. The van der Waals surface area contributed by atoms with Crippen LogP contribution < -0.4 is 0 Å². The van der Waals surface area contributed by atoms with Crippen LogP contribution in [0.25, 0.3) is 0 Å². The first kappa shape index (κ1) is 6.60. The van der Waals surface area contributed by atoms with E-state index in [4.69, 9.17) is 0 Å². The summed E-state index contributed by atoms with van der Waals surface area (Å²) in [6.45, 7) is 10.1. The maximum Gasteiger partial charge on any atom is -0.0165 e.